The van der Waals surface area contributed by atoms with E-state index in [1.54, 1.807) is 24.3 Å². The molecule has 1 heterocycles. The van der Waals surface area contributed by atoms with Gasteiger partial charge >= 0.3 is 5.97 Å². The zero-order valence-electron chi connectivity index (χ0n) is 7.61. The summed E-state index contributed by atoms with van der Waals surface area (Å²) in [6.07, 6.45) is 0. The second-order valence-electron chi connectivity index (χ2n) is 2.90. The Morgan fingerprint density at radius 3 is 2.93 bits per heavy atom. The van der Waals surface area contributed by atoms with Crippen molar-refractivity contribution in [3.05, 3.63) is 30.0 Å². The van der Waals surface area contributed by atoms with Crippen LogP contribution in [0.4, 0.5) is 0 Å². The summed E-state index contributed by atoms with van der Waals surface area (Å²) in [5.41, 5.74) is 1.19. The van der Waals surface area contributed by atoms with Crippen LogP contribution in [0.5, 0.6) is 0 Å². The maximum Gasteiger partial charge on any atom is 0.373 e. The van der Waals surface area contributed by atoms with Crippen LogP contribution in [-0.4, -0.2) is 20.9 Å². The van der Waals surface area contributed by atoms with Crippen molar-refractivity contribution in [2.24, 2.45) is 0 Å². The van der Waals surface area contributed by atoms with Gasteiger partial charge in [-0.2, -0.15) is 0 Å². The van der Waals surface area contributed by atoms with E-state index in [1.165, 1.54) is 7.11 Å². The molecule has 0 N–H and O–H groups in total. The van der Waals surface area contributed by atoms with Crippen LogP contribution >= 0.6 is 0 Å². The summed E-state index contributed by atoms with van der Waals surface area (Å²) in [4.78, 5) is 11.1. The predicted octanol–water partition coefficient (Wildman–Crippen LogP) is 1.01. The first-order valence-electron chi connectivity index (χ1n) is 4.08. The minimum Gasteiger partial charge on any atom is -0.463 e. The smallest absolute Gasteiger partial charge is 0.373 e. The molecule has 0 aliphatic carbocycles. The first-order valence-corrected chi connectivity index (χ1v) is 4.08. The fraction of sp³-hybridized carbons (Fsp3) is 0.100. The van der Waals surface area contributed by atoms with Crippen molar-refractivity contribution in [3.8, 4) is 0 Å². The molecule has 0 atom stereocenters. The van der Waals surface area contributed by atoms with Gasteiger partial charge in [-0.15, -0.1) is 0 Å². The van der Waals surface area contributed by atoms with Crippen molar-refractivity contribution >= 4 is 30.2 Å². The quantitative estimate of drug-likeness (QED) is 0.492. The highest BCUT2D eigenvalue weighted by Gasteiger charge is 2.11. The zero-order chi connectivity index (χ0) is 10.1. The predicted molar refractivity (Wildman–Crippen MR) is 52.9 cm³/mol. The Labute approximate surface area is 82.1 Å². The topological polar surface area (TPSA) is 39.4 Å². The van der Waals surface area contributed by atoms with Gasteiger partial charge in [0.05, 0.1) is 7.11 Å². The van der Waals surface area contributed by atoms with Gasteiger partial charge in [0.2, 0.25) is 5.76 Å². The van der Waals surface area contributed by atoms with E-state index < -0.39 is 5.97 Å². The van der Waals surface area contributed by atoms with Gasteiger partial charge in [0, 0.05) is 5.39 Å². The van der Waals surface area contributed by atoms with E-state index >= 15 is 0 Å². The minimum atomic E-state index is -0.486. The molecule has 1 aromatic carbocycles. The van der Waals surface area contributed by atoms with Crippen LogP contribution in [0.3, 0.4) is 0 Å². The third-order valence-corrected chi connectivity index (χ3v) is 1.93. The third kappa shape index (κ3) is 1.39. The van der Waals surface area contributed by atoms with Gasteiger partial charge in [0.15, 0.2) is 0 Å². The first kappa shape index (κ1) is 8.87. The fourth-order valence-electron chi connectivity index (χ4n) is 1.25. The second kappa shape index (κ2) is 3.22. The summed E-state index contributed by atoms with van der Waals surface area (Å²) in [5.74, 6) is -0.298. The summed E-state index contributed by atoms with van der Waals surface area (Å²) in [6, 6.07) is 6.84. The van der Waals surface area contributed by atoms with Crippen molar-refractivity contribution in [1.82, 2.24) is 0 Å². The number of hydrogen-bond acceptors (Lipinski definition) is 3. The Hall–Kier alpha value is -1.71. The first-order chi connectivity index (χ1) is 6.70. The number of ether oxygens (including phenoxy) is 1. The number of carbonyl (C=O) groups is 1. The number of esters is 1. The van der Waals surface area contributed by atoms with E-state index in [1.807, 2.05) is 0 Å². The zero-order valence-corrected chi connectivity index (χ0v) is 7.61. The molecule has 2 rings (SSSR count). The van der Waals surface area contributed by atoms with Crippen LogP contribution in [0, 0.1) is 0 Å². The SMILES string of the molecule is [B]c1ccc2cc(C(=O)OC)oc2c1. The van der Waals surface area contributed by atoms with Gasteiger partial charge in [-0.3, -0.25) is 0 Å². The molecule has 2 aromatic rings. The molecule has 0 unspecified atom stereocenters. The number of methoxy groups -OCH3 is 1. The van der Waals surface area contributed by atoms with E-state index in [4.69, 9.17) is 12.3 Å². The molecule has 3 nitrogen and oxygen atoms in total. The van der Waals surface area contributed by atoms with E-state index in [9.17, 15) is 4.79 Å². The Kier molecular flexibility index (Phi) is 2.04. The molecule has 4 heteroatoms. The highest BCUT2D eigenvalue weighted by Crippen LogP contribution is 2.18. The molecule has 0 saturated carbocycles. The highest BCUT2D eigenvalue weighted by molar-refractivity contribution is 6.33. The van der Waals surface area contributed by atoms with Crippen LogP contribution < -0.4 is 5.46 Å². The number of furan rings is 1. The Morgan fingerprint density at radius 2 is 2.21 bits per heavy atom. The number of hydrogen-bond donors (Lipinski definition) is 0. The summed E-state index contributed by atoms with van der Waals surface area (Å²) in [7, 11) is 6.87. The normalized spacial score (nSPS) is 10.4. The van der Waals surface area contributed by atoms with E-state index in [2.05, 4.69) is 4.74 Å². The van der Waals surface area contributed by atoms with Gasteiger partial charge in [0.25, 0.3) is 0 Å². The molecule has 1 aromatic heterocycles. The molecule has 14 heavy (non-hydrogen) atoms. The third-order valence-electron chi connectivity index (χ3n) is 1.93. The van der Waals surface area contributed by atoms with Crippen LogP contribution in [0.25, 0.3) is 11.0 Å². The Morgan fingerprint density at radius 1 is 1.43 bits per heavy atom. The summed E-state index contributed by atoms with van der Waals surface area (Å²) in [5, 5.41) is 0.833. The fourth-order valence-corrected chi connectivity index (χ4v) is 1.25. The maximum absolute atomic E-state index is 11.1. The second-order valence-corrected chi connectivity index (χ2v) is 2.90. The monoisotopic (exact) mass is 186 g/mol. The lowest BCUT2D eigenvalue weighted by molar-refractivity contribution is 0.0567. The van der Waals surface area contributed by atoms with Crippen molar-refractivity contribution in [1.29, 1.82) is 0 Å². The number of rotatable bonds is 1. The molecule has 0 fully saturated rings. The van der Waals surface area contributed by atoms with Gasteiger partial charge in [-0.05, 0) is 12.1 Å². The molecule has 2 radical (unpaired) electrons. The van der Waals surface area contributed by atoms with Gasteiger partial charge < -0.3 is 9.15 Å². The van der Waals surface area contributed by atoms with Crippen LogP contribution in [0.1, 0.15) is 10.6 Å². The highest BCUT2D eigenvalue weighted by atomic mass is 16.5. The van der Waals surface area contributed by atoms with Crippen LogP contribution in [0.2, 0.25) is 0 Å². The average molecular weight is 186 g/mol. The Balaban J connectivity index is 2.56. The van der Waals surface area contributed by atoms with Crippen molar-refractivity contribution < 1.29 is 13.9 Å². The van der Waals surface area contributed by atoms with Crippen molar-refractivity contribution in [3.63, 3.8) is 0 Å². The number of benzene rings is 1. The molecule has 0 bridgehead atoms. The number of carbonyl (C=O) groups excluding carboxylic acids is 1. The molecular weight excluding hydrogens is 179 g/mol. The molecule has 0 amide bonds. The lowest BCUT2D eigenvalue weighted by Crippen LogP contribution is -1.98. The molecular formula is C10H7BO3. The number of fused-ring (bicyclic) bond motifs is 1. The molecule has 0 saturated heterocycles. The van der Waals surface area contributed by atoms with Gasteiger partial charge in [0.1, 0.15) is 13.4 Å². The van der Waals surface area contributed by atoms with Crippen molar-refractivity contribution in [2.75, 3.05) is 7.11 Å². The van der Waals surface area contributed by atoms with E-state index in [-0.39, 0.29) is 5.76 Å². The lowest BCUT2D eigenvalue weighted by Gasteiger charge is -1.91. The largest absolute Gasteiger partial charge is 0.463 e. The van der Waals surface area contributed by atoms with Crippen LogP contribution in [-0.2, 0) is 4.74 Å². The molecule has 68 valence electrons. The summed E-state index contributed by atoms with van der Waals surface area (Å²) < 4.78 is 9.78. The van der Waals surface area contributed by atoms with E-state index in [0.29, 0.717) is 11.0 Å². The average Bonchev–Trinajstić information content (AvgIpc) is 2.59. The lowest BCUT2D eigenvalue weighted by atomic mass is 9.96. The summed E-state index contributed by atoms with van der Waals surface area (Å²) >= 11 is 0. The maximum atomic E-state index is 11.1. The van der Waals surface area contributed by atoms with Gasteiger partial charge in [-0.1, -0.05) is 17.6 Å². The minimum absolute atomic E-state index is 0.188. The van der Waals surface area contributed by atoms with Crippen molar-refractivity contribution in [2.45, 2.75) is 0 Å². The molecule has 0 spiro atoms. The summed E-state index contributed by atoms with van der Waals surface area (Å²) in [6.45, 7) is 0. The standard InChI is InChI=1S/C10H7BO3/c1-13-10(12)9-4-6-2-3-7(11)5-8(6)14-9/h2-5H,1H3. The van der Waals surface area contributed by atoms with Crippen LogP contribution in [0.15, 0.2) is 28.7 Å². The van der Waals surface area contributed by atoms with E-state index in [0.717, 1.165) is 5.39 Å². The van der Waals surface area contributed by atoms with Gasteiger partial charge in [-0.25, -0.2) is 4.79 Å². The molecule has 0 aliphatic heterocycles. The molecule has 0 aliphatic rings. The Bertz CT molecular complexity index is 487.